The van der Waals surface area contributed by atoms with Gasteiger partial charge in [0.15, 0.2) is 8.32 Å². The van der Waals surface area contributed by atoms with E-state index in [4.69, 9.17) is 9.16 Å². The van der Waals surface area contributed by atoms with E-state index < -0.39 is 13.9 Å². The number of ketones is 1. The minimum Gasteiger partial charge on any atom is -0.849 e. The number of hydrogen-bond acceptors (Lipinski definition) is 5. The van der Waals surface area contributed by atoms with E-state index in [1.807, 2.05) is 6.92 Å². The van der Waals surface area contributed by atoms with E-state index in [0.717, 1.165) is 68.4 Å². The molecule has 0 N–H and O–H groups in total. The van der Waals surface area contributed by atoms with Crippen LogP contribution in [0.25, 0.3) is 0 Å². The van der Waals surface area contributed by atoms with Crippen molar-refractivity contribution in [1.29, 1.82) is 0 Å². The molecule has 1 fully saturated rings. The molecule has 0 amide bonds. The van der Waals surface area contributed by atoms with Crippen LogP contribution in [0.1, 0.15) is 123 Å². The van der Waals surface area contributed by atoms with E-state index in [-0.39, 0.29) is 23.9 Å². The number of esters is 1. The summed E-state index contributed by atoms with van der Waals surface area (Å²) in [6.45, 7) is 14.2. The van der Waals surface area contributed by atoms with Gasteiger partial charge < -0.3 is 18.8 Å². The predicted molar refractivity (Wildman–Crippen MR) is 196 cm³/mol. The van der Waals surface area contributed by atoms with Crippen LogP contribution < -0.4 is 5.11 Å². The molecule has 1 aromatic carbocycles. The molecule has 0 radical (unpaired) electrons. The number of quaternary nitrogens is 1. The Morgan fingerprint density at radius 3 is 2.21 bits per heavy atom. The second-order valence-corrected chi connectivity index (χ2v) is 21.2. The lowest BCUT2D eigenvalue weighted by molar-refractivity contribution is -0.884. The van der Waals surface area contributed by atoms with Gasteiger partial charge in [-0.1, -0.05) is 116 Å². The van der Waals surface area contributed by atoms with E-state index in [9.17, 15) is 14.7 Å². The van der Waals surface area contributed by atoms with Gasteiger partial charge in [0.2, 0.25) is 0 Å². The number of ether oxygens (including phenoxy) is 1. The van der Waals surface area contributed by atoms with E-state index >= 15 is 0 Å². The summed E-state index contributed by atoms with van der Waals surface area (Å²) in [5, 5.41) is 13.1. The molecule has 47 heavy (non-hydrogen) atoms. The third-order valence-electron chi connectivity index (χ3n) is 10.4. The van der Waals surface area contributed by atoms with Crippen LogP contribution in [0.2, 0.25) is 17.1 Å². The number of benzene rings is 1. The first kappa shape index (κ1) is 41.4. The van der Waals surface area contributed by atoms with Gasteiger partial charge >= 0.3 is 5.97 Å². The summed E-state index contributed by atoms with van der Waals surface area (Å²) in [7, 11) is 5.79. The van der Waals surface area contributed by atoms with E-state index in [1.54, 1.807) is 0 Å². The van der Waals surface area contributed by atoms with Gasteiger partial charge in [-0.15, -0.1) is 5.60 Å². The summed E-state index contributed by atoms with van der Waals surface area (Å²) in [4.78, 5) is 25.2. The van der Waals surface area contributed by atoms with Crippen molar-refractivity contribution in [3.8, 4) is 0 Å². The maximum Gasteiger partial charge on any atom is 0.305 e. The normalized spacial score (nSPS) is 20.4. The number of carbonyl (C=O) groups is 2. The minimum atomic E-state index is -2.30. The van der Waals surface area contributed by atoms with Crippen LogP contribution >= 0.6 is 0 Å². The van der Waals surface area contributed by atoms with Crippen molar-refractivity contribution in [2.75, 3.05) is 28.3 Å². The summed E-state index contributed by atoms with van der Waals surface area (Å²) in [5.74, 6) is 0.0625. The second kappa shape index (κ2) is 19.4. The zero-order valence-electron chi connectivity index (χ0n) is 31.7. The number of nitrogens with zero attached hydrogens (tertiary/aromatic N) is 1. The Balaban J connectivity index is 2.25. The predicted octanol–water partition coefficient (Wildman–Crippen LogP) is 8.56. The zero-order valence-corrected chi connectivity index (χ0v) is 32.7. The molecule has 0 bridgehead atoms. The fraction of sp³-hybridized carbons (Fsp3) is 0.750. The molecular weight excluding hydrogens is 603 g/mol. The molecule has 0 spiro atoms. The van der Waals surface area contributed by atoms with Crippen LogP contribution in [0.15, 0.2) is 36.4 Å². The van der Waals surface area contributed by atoms with Gasteiger partial charge in [-0.25, -0.2) is 0 Å². The molecule has 6 nitrogen and oxygen atoms in total. The van der Waals surface area contributed by atoms with E-state index in [0.29, 0.717) is 42.5 Å². The van der Waals surface area contributed by atoms with Gasteiger partial charge in [-0.3, -0.25) is 9.59 Å². The lowest BCUT2D eigenvalue weighted by atomic mass is 9.87. The smallest absolute Gasteiger partial charge is 0.305 e. The summed E-state index contributed by atoms with van der Waals surface area (Å²) >= 11 is 0. The molecule has 7 heteroatoms. The lowest BCUT2D eigenvalue weighted by Crippen LogP contribution is -2.48. The van der Waals surface area contributed by atoms with Gasteiger partial charge in [-0.2, -0.15) is 0 Å². The molecule has 1 unspecified atom stereocenters. The Morgan fingerprint density at radius 2 is 1.64 bits per heavy atom. The Labute approximate surface area is 289 Å². The number of unbranched alkanes of at least 4 members (excludes halogenated alkanes) is 4. The third-order valence-corrected chi connectivity index (χ3v) is 16.0. The molecule has 0 saturated heterocycles. The van der Waals surface area contributed by atoms with Crippen molar-refractivity contribution in [3.63, 3.8) is 0 Å². The first-order chi connectivity index (χ1) is 22.0. The number of carbonyl (C=O) groups excluding carboxylic acids is 2. The van der Waals surface area contributed by atoms with Crippen molar-refractivity contribution in [2.24, 2.45) is 11.8 Å². The molecule has 1 aliphatic carbocycles. The van der Waals surface area contributed by atoms with Crippen LogP contribution in [0.5, 0.6) is 0 Å². The largest absolute Gasteiger partial charge is 0.849 e. The van der Waals surface area contributed by atoms with Crippen molar-refractivity contribution < 1.29 is 28.3 Å². The Hall–Kier alpha value is -1.80. The summed E-state index contributed by atoms with van der Waals surface area (Å²) in [6.07, 6.45) is 13.6. The highest BCUT2D eigenvalue weighted by atomic mass is 28.4. The van der Waals surface area contributed by atoms with Crippen LogP contribution in [0, 0.1) is 11.8 Å². The average molecular weight is 672 g/mol. The lowest BCUT2D eigenvalue weighted by Gasteiger charge is -2.42. The third kappa shape index (κ3) is 13.9. The van der Waals surface area contributed by atoms with Crippen LogP contribution in [0.3, 0.4) is 0 Å². The minimum absolute atomic E-state index is 0.00118. The molecular formula is C40H69NO5Si. The average Bonchev–Trinajstić information content (AvgIpc) is 3.28. The maximum absolute atomic E-state index is 13.7. The maximum atomic E-state index is 13.7. The molecule has 0 heterocycles. The first-order valence-corrected chi connectivity index (χ1v) is 20.8. The number of aryl methyl sites for hydroxylation is 1. The molecule has 1 aliphatic rings. The topological polar surface area (TPSA) is 75.7 Å². The molecule has 0 aromatic heterocycles. The quantitative estimate of drug-likeness (QED) is 0.0406. The highest BCUT2D eigenvalue weighted by molar-refractivity contribution is 6.76. The monoisotopic (exact) mass is 671 g/mol. The van der Waals surface area contributed by atoms with E-state index in [2.05, 4.69) is 92.2 Å². The summed E-state index contributed by atoms with van der Waals surface area (Å²) < 4.78 is 13.1. The SMILES string of the molecule is CCCCC(C)([O-])C/C=C/[C@H]1[C@H](O[Si](CCc2ccc(C[N+](C)(C)C)cc2)(C(C)C)C(C)C)CC(=O)[C@@H]1CCCCCCC(=O)OC. The number of rotatable bonds is 22. The highest BCUT2D eigenvalue weighted by Crippen LogP contribution is 2.44. The molecule has 268 valence electrons. The second-order valence-electron chi connectivity index (χ2n) is 16.3. The standard InChI is InChI=1S/C40H69NO5Si/c1-11-12-26-40(6,44)27-17-19-36-35(18-15-13-14-16-20-39(43)45-10)37(42)29-38(36)46-47(31(2)3,32(4)5)28-25-33-21-23-34(24-22-33)30-41(7,8)9/h17,19,21-24,31-32,35-36,38H,11-16,18,20,25-30H2,1-10H3/b19-17+/t35-,36-,38-,40?/m1/s1. The van der Waals surface area contributed by atoms with Gasteiger partial charge in [0, 0.05) is 30.2 Å². The van der Waals surface area contributed by atoms with Gasteiger partial charge in [0.25, 0.3) is 0 Å². The number of methoxy groups -OCH3 is 1. The van der Waals surface area contributed by atoms with Crippen LogP contribution in [0.4, 0.5) is 0 Å². The summed E-state index contributed by atoms with van der Waals surface area (Å²) in [6, 6.07) is 10.1. The fourth-order valence-electron chi connectivity index (χ4n) is 7.46. The molecule has 0 aliphatic heterocycles. The molecule has 1 saturated carbocycles. The fourth-order valence-corrected chi connectivity index (χ4v) is 12.1. The van der Waals surface area contributed by atoms with Crippen LogP contribution in [-0.2, 0) is 31.7 Å². The highest BCUT2D eigenvalue weighted by Gasteiger charge is 2.49. The van der Waals surface area contributed by atoms with Crippen LogP contribution in [-0.4, -0.2) is 64.5 Å². The van der Waals surface area contributed by atoms with Crippen molar-refractivity contribution >= 4 is 20.1 Å². The number of Topliss-reactive ketones (excluding diaryl/α,β-unsaturated/α-hetero) is 1. The number of hydrogen-bond donors (Lipinski definition) is 0. The molecule has 1 aromatic rings. The van der Waals surface area contributed by atoms with Gasteiger partial charge in [-0.05, 0) is 48.4 Å². The first-order valence-electron chi connectivity index (χ1n) is 18.6. The molecule has 4 atom stereocenters. The zero-order chi connectivity index (χ0) is 35.3. The Morgan fingerprint density at radius 1 is 1.02 bits per heavy atom. The Kier molecular flexibility index (Phi) is 17.1. The van der Waals surface area contributed by atoms with Crippen molar-refractivity contribution in [2.45, 2.75) is 154 Å². The van der Waals surface area contributed by atoms with Crippen molar-refractivity contribution in [3.05, 3.63) is 47.5 Å². The van der Waals surface area contributed by atoms with Gasteiger partial charge in [0.05, 0.1) is 34.4 Å². The van der Waals surface area contributed by atoms with E-state index in [1.165, 1.54) is 18.2 Å². The molecule has 2 rings (SSSR count). The Bertz CT molecular complexity index is 1100. The summed E-state index contributed by atoms with van der Waals surface area (Å²) in [5.41, 5.74) is 2.53. The van der Waals surface area contributed by atoms with Gasteiger partial charge in [0.1, 0.15) is 12.3 Å². The van der Waals surface area contributed by atoms with Crippen molar-refractivity contribution in [1.82, 2.24) is 0 Å².